The number of rotatable bonds is 2. The molecule has 3 unspecified atom stereocenters. The van der Waals surface area contributed by atoms with Gasteiger partial charge in [-0.05, 0) is 7.05 Å². The zero-order chi connectivity index (χ0) is 7.56. The fourth-order valence-electron chi connectivity index (χ4n) is 1.05. The first-order chi connectivity index (χ1) is 4.75. The quantitative estimate of drug-likeness (QED) is 0.437. The second-order valence-corrected chi connectivity index (χ2v) is 2.49. The Morgan fingerprint density at radius 2 is 2.30 bits per heavy atom. The molecule has 60 valence electrons. The normalized spacial score (nSPS) is 40.5. The van der Waals surface area contributed by atoms with Gasteiger partial charge in [-0.2, -0.15) is 0 Å². The lowest BCUT2D eigenvalue weighted by molar-refractivity contribution is 0.0246. The Labute approximate surface area is 59.8 Å². The zero-order valence-corrected chi connectivity index (χ0v) is 5.95. The lowest BCUT2D eigenvalue weighted by Gasteiger charge is -2.13. The molecule has 1 saturated heterocycles. The lowest BCUT2D eigenvalue weighted by atomic mass is 10.1. The Kier molecular flexibility index (Phi) is 2.62. The van der Waals surface area contributed by atoms with Crippen molar-refractivity contribution >= 4 is 0 Å². The van der Waals surface area contributed by atoms with Crippen molar-refractivity contribution in [1.29, 1.82) is 0 Å². The minimum atomic E-state index is -0.729. The summed E-state index contributed by atoms with van der Waals surface area (Å²) in [7, 11) is 1.78. The summed E-state index contributed by atoms with van der Waals surface area (Å²) in [6, 6.07) is 0. The van der Waals surface area contributed by atoms with Gasteiger partial charge in [0.05, 0.1) is 12.7 Å². The van der Waals surface area contributed by atoms with Gasteiger partial charge in [0, 0.05) is 6.54 Å². The van der Waals surface area contributed by atoms with Crippen molar-refractivity contribution in [3.63, 3.8) is 0 Å². The summed E-state index contributed by atoms with van der Waals surface area (Å²) >= 11 is 0. The van der Waals surface area contributed by atoms with Gasteiger partial charge in [0.1, 0.15) is 12.2 Å². The molecule has 4 heteroatoms. The van der Waals surface area contributed by atoms with E-state index in [1.54, 1.807) is 7.05 Å². The molecule has 0 aromatic carbocycles. The summed E-state index contributed by atoms with van der Waals surface area (Å²) in [5.41, 5.74) is 0. The average Bonchev–Trinajstić information content (AvgIpc) is 2.20. The molecule has 0 aliphatic carbocycles. The fraction of sp³-hybridized carbons (Fsp3) is 1.00. The molecule has 10 heavy (non-hydrogen) atoms. The minimum absolute atomic E-state index is 0.244. The van der Waals surface area contributed by atoms with Crippen LogP contribution in [0.3, 0.4) is 0 Å². The number of nitrogens with one attached hydrogen (secondary N) is 1. The van der Waals surface area contributed by atoms with E-state index in [9.17, 15) is 5.11 Å². The average molecular weight is 147 g/mol. The van der Waals surface area contributed by atoms with E-state index in [1.807, 2.05) is 0 Å². The van der Waals surface area contributed by atoms with Crippen LogP contribution in [0.4, 0.5) is 0 Å². The predicted molar refractivity (Wildman–Crippen MR) is 35.7 cm³/mol. The Morgan fingerprint density at radius 3 is 2.70 bits per heavy atom. The smallest absolute Gasteiger partial charge is 0.109 e. The van der Waals surface area contributed by atoms with Crippen LogP contribution in [0.5, 0.6) is 0 Å². The van der Waals surface area contributed by atoms with Crippen LogP contribution in [0.2, 0.25) is 0 Å². The molecule has 1 aliphatic heterocycles. The van der Waals surface area contributed by atoms with E-state index in [4.69, 9.17) is 9.84 Å². The molecule has 0 amide bonds. The molecule has 0 bridgehead atoms. The fourth-order valence-corrected chi connectivity index (χ4v) is 1.05. The molecule has 0 radical (unpaired) electrons. The van der Waals surface area contributed by atoms with Crippen LogP contribution < -0.4 is 5.32 Å². The minimum Gasteiger partial charge on any atom is -0.388 e. The standard InChI is InChI=1S/C6H13NO3/c1-7-2-5-6(9)4(8)3-10-5/h4-9H,2-3H2,1H3. The Hall–Kier alpha value is -0.160. The van der Waals surface area contributed by atoms with Gasteiger partial charge >= 0.3 is 0 Å². The molecule has 0 spiro atoms. The van der Waals surface area contributed by atoms with Crippen molar-refractivity contribution in [2.45, 2.75) is 18.3 Å². The van der Waals surface area contributed by atoms with Crippen LogP contribution in [-0.4, -0.2) is 48.7 Å². The van der Waals surface area contributed by atoms with Crippen molar-refractivity contribution in [1.82, 2.24) is 5.32 Å². The Bertz CT molecular complexity index is 107. The number of hydrogen-bond donors (Lipinski definition) is 3. The summed E-state index contributed by atoms with van der Waals surface area (Å²) < 4.78 is 5.06. The number of likely N-dealkylation sites (N-methyl/N-ethyl adjacent to an activating group) is 1. The van der Waals surface area contributed by atoms with E-state index < -0.39 is 12.2 Å². The molecule has 4 nitrogen and oxygen atoms in total. The van der Waals surface area contributed by atoms with Crippen molar-refractivity contribution in [3.05, 3.63) is 0 Å². The second-order valence-electron chi connectivity index (χ2n) is 2.49. The number of aliphatic hydroxyl groups is 2. The van der Waals surface area contributed by atoms with E-state index >= 15 is 0 Å². The van der Waals surface area contributed by atoms with Crippen LogP contribution in [0, 0.1) is 0 Å². The third-order valence-corrected chi connectivity index (χ3v) is 1.66. The summed E-state index contributed by atoms with van der Waals surface area (Å²) in [5, 5.41) is 21.0. The molecule has 0 saturated carbocycles. The van der Waals surface area contributed by atoms with Crippen LogP contribution in [0.1, 0.15) is 0 Å². The van der Waals surface area contributed by atoms with Gasteiger partial charge in [-0.3, -0.25) is 0 Å². The first-order valence-electron chi connectivity index (χ1n) is 3.38. The van der Waals surface area contributed by atoms with Crippen molar-refractivity contribution in [2.24, 2.45) is 0 Å². The van der Waals surface area contributed by atoms with Gasteiger partial charge in [-0.25, -0.2) is 0 Å². The van der Waals surface area contributed by atoms with E-state index in [1.165, 1.54) is 0 Å². The van der Waals surface area contributed by atoms with E-state index in [-0.39, 0.29) is 12.7 Å². The van der Waals surface area contributed by atoms with Gasteiger partial charge in [0.25, 0.3) is 0 Å². The first-order valence-corrected chi connectivity index (χ1v) is 3.38. The first kappa shape index (κ1) is 7.94. The number of ether oxygens (including phenoxy) is 1. The number of hydrogen-bond acceptors (Lipinski definition) is 4. The predicted octanol–water partition coefficient (Wildman–Crippen LogP) is -1.67. The number of aliphatic hydroxyl groups excluding tert-OH is 2. The Morgan fingerprint density at radius 1 is 1.60 bits per heavy atom. The molecule has 3 N–H and O–H groups in total. The second kappa shape index (κ2) is 3.30. The highest BCUT2D eigenvalue weighted by Crippen LogP contribution is 2.12. The topological polar surface area (TPSA) is 61.7 Å². The van der Waals surface area contributed by atoms with E-state index in [0.717, 1.165) is 0 Å². The highest BCUT2D eigenvalue weighted by molar-refractivity contribution is 4.83. The SMILES string of the molecule is CNCC1OCC(O)C1O. The summed E-state index contributed by atoms with van der Waals surface area (Å²) in [6.07, 6.45) is -1.69. The van der Waals surface area contributed by atoms with Crippen LogP contribution in [0.25, 0.3) is 0 Å². The van der Waals surface area contributed by atoms with Crippen molar-refractivity contribution in [2.75, 3.05) is 20.2 Å². The summed E-state index contributed by atoms with van der Waals surface area (Å²) in [4.78, 5) is 0. The van der Waals surface area contributed by atoms with E-state index in [0.29, 0.717) is 6.54 Å². The lowest BCUT2D eigenvalue weighted by Crippen LogP contribution is -2.36. The largest absolute Gasteiger partial charge is 0.388 e. The van der Waals surface area contributed by atoms with Gasteiger partial charge in [0.2, 0.25) is 0 Å². The summed E-state index contributed by atoms with van der Waals surface area (Å²) in [6.45, 7) is 0.825. The van der Waals surface area contributed by atoms with Crippen LogP contribution in [-0.2, 0) is 4.74 Å². The highest BCUT2D eigenvalue weighted by Gasteiger charge is 2.33. The van der Waals surface area contributed by atoms with Gasteiger partial charge in [0.15, 0.2) is 0 Å². The molecule has 3 atom stereocenters. The highest BCUT2D eigenvalue weighted by atomic mass is 16.5. The third kappa shape index (κ3) is 1.46. The molecule has 1 fully saturated rings. The zero-order valence-electron chi connectivity index (χ0n) is 5.95. The molecular weight excluding hydrogens is 134 g/mol. The molecule has 0 aromatic rings. The third-order valence-electron chi connectivity index (χ3n) is 1.66. The maximum Gasteiger partial charge on any atom is 0.109 e. The molecule has 0 aromatic heterocycles. The van der Waals surface area contributed by atoms with Crippen LogP contribution in [0.15, 0.2) is 0 Å². The van der Waals surface area contributed by atoms with Gasteiger partial charge < -0.3 is 20.3 Å². The monoisotopic (exact) mass is 147 g/mol. The summed E-state index contributed by atoms with van der Waals surface area (Å²) in [5.74, 6) is 0. The van der Waals surface area contributed by atoms with Crippen molar-refractivity contribution < 1.29 is 14.9 Å². The molecular formula is C6H13NO3. The maximum atomic E-state index is 9.17. The van der Waals surface area contributed by atoms with Gasteiger partial charge in [-0.15, -0.1) is 0 Å². The molecule has 1 rings (SSSR count). The maximum absolute atomic E-state index is 9.17. The van der Waals surface area contributed by atoms with E-state index in [2.05, 4.69) is 5.32 Å². The van der Waals surface area contributed by atoms with Gasteiger partial charge in [-0.1, -0.05) is 0 Å². The van der Waals surface area contributed by atoms with Crippen LogP contribution >= 0.6 is 0 Å². The molecule has 1 aliphatic rings. The Balaban J connectivity index is 2.33. The van der Waals surface area contributed by atoms with Crippen molar-refractivity contribution in [3.8, 4) is 0 Å². The molecule has 1 heterocycles.